The molecule has 1 N–H and O–H groups in total. The van der Waals surface area contributed by atoms with Crippen LogP contribution in [0.15, 0.2) is 18.2 Å². The highest BCUT2D eigenvalue weighted by Crippen LogP contribution is 2.29. The summed E-state index contributed by atoms with van der Waals surface area (Å²) in [5.41, 5.74) is 0.835. The summed E-state index contributed by atoms with van der Waals surface area (Å²) in [5.74, 6) is -0.491. The van der Waals surface area contributed by atoms with E-state index in [4.69, 9.17) is 5.26 Å². The molecule has 1 fully saturated rings. The van der Waals surface area contributed by atoms with E-state index >= 15 is 0 Å². The van der Waals surface area contributed by atoms with E-state index in [0.29, 0.717) is 12.2 Å². The fourth-order valence-electron chi connectivity index (χ4n) is 2.51. The fourth-order valence-corrected chi connectivity index (χ4v) is 3.53. The molecule has 0 bridgehead atoms. The molecule has 1 aromatic rings. The Morgan fingerprint density at radius 2 is 2.30 bits per heavy atom. The second-order valence-corrected chi connectivity index (χ2v) is 6.72. The second-order valence-electron chi connectivity index (χ2n) is 4.75. The quantitative estimate of drug-likeness (QED) is 0.907. The third-order valence-electron chi connectivity index (χ3n) is 3.49. The van der Waals surface area contributed by atoms with Crippen LogP contribution in [0.4, 0.5) is 10.1 Å². The van der Waals surface area contributed by atoms with Gasteiger partial charge in [0.25, 0.3) is 0 Å². The van der Waals surface area contributed by atoms with Gasteiger partial charge in [-0.2, -0.15) is 5.26 Å². The lowest BCUT2D eigenvalue weighted by molar-refractivity contribution is 0.577. The maximum absolute atomic E-state index is 13.2. The number of rotatable bonds is 4. The first-order valence-corrected chi connectivity index (χ1v) is 7.99. The van der Waals surface area contributed by atoms with Crippen molar-refractivity contribution in [2.75, 3.05) is 24.2 Å². The van der Waals surface area contributed by atoms with Crippen molar-refractivity contribution in [2.24, 2.45) is 0 Å². The Hall–Kier alpha value is -1.65. The number of anilines is 1. The first-order chi connectivity index (χ1) is 9.46. The number of benzene rings is 1. The second kappa shape index (κ2) is 5.77. The number of sulfonamides is 1. The van der Waals surface area contributed by atoms with Crippen LogP contribution in [0.25, 0.3) is 0 Å². The Morgan fingerprint density at radius 1 is 1.55 bits per heavy atom. The lowest BCUT2D eigenvalue weighted by atomic mass is 10.1. The summed E-state index contributed by atoms with van der Waals surface area (Å²) in [5, 5.41) is 9.09. The van der Waals surface area contributed by atoms with Gasteiger partial charge in [-0.15, -0.1) is 0 Å². The molecular weight excluding hydrogens is 281 g/mol. The summed E-state index contributed by atoms with van der Waals surface area (Å²) < 4.78 is 38.8. The first kappa shape index (κ1) is 14.8. The summed E-state index contributed by atoms with van der Waals surface area (Å²) in [7, 11) is -1.94. The van der Waals surface area contributed by atoms with E-state index in [9.17, 15) is 12.8 Å². The molecule has 0 amide bonds. The predicted molar refractivity (Wildman–Crippen MR) is 74.3 cm³/mol. The van der Waals surface area contributed by atoms with Crippen molar-refractivity contribution in [3.05, 3.63) is 29.6 Å². The zero-order valence-electron chi connectivity index (χ0n) is 11.1. The van der Waals surface area contributed by atoms with Gasteiger partial charge in [-0.1, -0.05) is 0 Å². The van der Waals surface area contributed by atoms with Crippen LogP contribution in [-0.4, -0.2) is 33.8 Å². The molecule has 1 heterocycles. The molecule has 2 rings (SSSR count). The molecule has 1 saturated heterocycles. The molecule has 20 heavy (non-hydrogen) atoms. The Morgan fingerprint density at radius 3 is 2.95 bits per heavy atom. The molecule has 7 heteroatoms. The summed E-state index contributed by atoms with van der Waals surface area (Å²) in [4.78, 5) is 1.88. The van der Waals surface area contributed by atoms with Gasteiger partial charge in [0.15, 0.2) is 0 Å². The zero-order valence-corrected chi connectivity index (χ0v) is 12.0. The third kappa shape index (κ3) is 3.08. The van der Waals surface area contributed by atoms with E-state index in [0.717, 1.165) is 12.8 Å². The highest BCUT2D eigenvalue weighted by atomic mass is 32.2. The van der Waals surface area contributed by atoms with Crippen molar-refractivity contribution < 1.29 is 12.8 Å². The minimum Gasteiger partial charge on any atom is -0.366 e. The first-order valence-electron chi connectivity index (χ1n) is 6.34. The van der Waals surface area contributed by atoms with Crippen LogP contribution in [0.2, 0.25) is 0 Å². The average molecular weight is 297 g/mol. The van der Waals surface area contributed by atoms with Crippen molar-refractivity contribution in [2.45, 2.75) is 18.9 Å². The highest BCUT2D eigenvalue weighted by Gasteiger charge is 2.30. The van der Waals surface area contributed by atoms with E-state index in [-0.39, 0.29) is 17.4 Å². The maximum atomic E-state index is 13.2. The SMILES string of the molecule is CNS(=O)(=O)CC1CCCN1c1ccc(F)cc1C#N. The standard InChI is InChI=1S/C13H16FN3O2S/c1-16-20(18,19)9-12-3-2-6-17(12)13-5-4-11(14)7-10(13)8-15/h4-5,7,12,16H,2-3,6,9H2,1H3. The van der Waals surface area contributed by atoms with Crippen LogP contribution in [0, 0.1) is 17.1 Å². The van der Waals surface area contributed by atoms with Gasteiger partial charge < -0.3 is 4.90 Å². The summed E-state index contributed by atoms with van der Waals surface area (Å²) >= 11 is 0. The largest absolute Gasteiger partial charge is 0.366 e. The van der Waals surface area contributed by atoms with Gasteiger partial charge >= 0.3 is 0 Å². The minimum atomic E-state index is -3.32. The number of nitrogens with zero attached hydrogens (tertiary/aromatic N) is 2. The van der Waals surface area contributed by atoms with Crippen molar-refractivity contribution in [3.63, 3.8) is 0 Å². The lowest BCUT2D eigenvalue weighted by Crippen LogP contribution is -2.38. The molecular formula is C13H16FN3O2S. The van der Waals surface area contributed by atoms with Gasteiger partial charge in [0, 0.05) is 12.6 Å². The number of hydrogen-bond donors (Lipinski definition) is 1. The molecule has 0 saturated carbocycles. The minimum absolute atomic E-state index is 0.0221. The number of nitriles is 1. The molecule has 0 aliphatic carbocycles. The zero-order chi connectivity index (χ0) is 14.8. The van der Waals surface area contributed by atoms with E-state index in [1.807, 2.05) is 11.0 Å². The summed E-state index contributed by atoms with van der Waals surface area (Å²) in [6.07, 6.45) is 1.59. The smallest absolute Gasteiger partial charge is 0.213 e. The van der Waals surface area contributed by atoms with E-state index in [1.54, 1.807) is 0 Å². The van der Waals surface area contributed by atoms with Gasteiger partial charge in [0.2, 0.25) is 10.0 Å². The predicted octanol–water partition coefficient (Wildman–Crippen LogP) is 1.22. The van der Waals surface area contributed by atoms with Gasteiger partial charge in [0.05, 0.1) is 17.0 Å². The molecule has 108 valence electrons. The lowest BCUT2D eigenvalue weighted by Gasteiger charge is -2.27. The normalized spacial score (nSPS) is 19.1. The monoisotopic (exact) mass is 297 g/mol. The highest BCUT2D eigenvalue weighted by molar-refractivity contribution is 7.89. The Balaban J connectivity index is 2.30. The molecule has 1 unspecified atom stereocenters. The van der Waals surface area contributed by atoms with Crippen LogP contribution < -0.4 is 9.62 Å². The third-order valence-corrected chi connectivity index (χ3v) is 4.93. The summed E-state index contributed by atoms with van der Waals surface area (Å²) in [6.45, 7) is 0.671. The molecule has 0 spiro atoms. The Labute approximate surface area is 118 Å². The van der Waals surface area contributed by atoms with Gasteiger partial charge in [-0.05, 0) is 38.1 Å². The van der Waals surface area contributed by atoms with E-state index in [2.05, 4.69) is 4.72 Å². The van der Waals surface area contributed by atoms with Crippen LogP contribution in [0.5, 0.6) is 0 Å². The fraction of sp³-hybridized carbons (Fsp3) is 0.462. The molecule has 0 aromatic heterocycles. The Kier molecular flexibility index (Phi) is 4.26. The van der Waals surface area contributed by atoms with Crippen molar-refractivity contribution in [1.82, 2.24) is 4.72 Å². The van der Waals surface area contributed by atoms with Crippen LogP contribution in [-0.2, 0) is 10.0 Å². The van der Waals surface area contributed by atoms with Crippen molar-refractivity contribution >= 4 is 15.7 Å². The molecule has 1 aliphatic rings. The average Bonchev–Trinajstić information content (AvgIpc) is 2.85. The molecule has 1 atom stereocenters. The van der Waals surface area contributed by atoms with Crippen LogP contribution in [0.1, 0.15) is 18.4 Å². The van der Waals surface area contributed by atoms with Crippen molar-refractivity contribution in [1.29, 1.82) is 5.26 Å². The van der Waals surface area contributed by atoms with Crippen LogP contribution >= 0.6 is 0 Å². The summed E-state index contributed by atoms with van der Waals surface area (Å²) in [6, 6.07) is 5.78. The molecule has 5 nitrogen and oxygen atoms in total. The number of halogens is 1. The maximum Gasteiger partial charge on any atom is 0.213 e. The number of hydrogen-bond acceptors (Lipinski definition) is 4. The van der Waals surface area contributed by atoms with E-state index < -0.39 is 15.8 Å². The van der Waals surface area contributed by atoms with Gasteiger partial charge in [-0.25, -0.2) is 17.5 Å². The molecule has 0 radical (unpaired) electrons. The Bertz CT molecular complexity index is 640. The topological polar surface area (TPSA) is 73.2 Å². The van der Waals surface area contributed by atoms with Gasteiger partial charge in [0.1, 0.15) is 11.9 Å². The van der Waals surface area contributed by atoms with Crippen molar-refractivity contribution in [3.8, 4) is 6.07 Å². The molecule has 1 aliphatic heterocycles. The van der Waals surface area contributed by atoms with Gasteiger partial charge in [-0.3, -0.25) is 0 Å². The van der Waals surface area contributed by atoms with Crippen LogP contribution in [0.3, 0.4) is 0 Å². The number of nitrogens with one attached hydrogen (secondary N) is 1. The van der Waals surface area contributed by atoms with E-state index in [1.165, 1.54) is 25.2 Å². The molecule has 1 aromatic carbocycles.